The molecule has 0 aliphatic heterocycles. The molecule has 0 amide bonds. The lowest BCUT2D eigenvalue weighted by molar-refractivity contribution is 0.671. The zero-order valence-electron chi connectivity index (χ0n) is 11.4. The molecule has 1 aromatic rings. The molecule has 100 valence electrons. The second-order valence-electron chi connectivity index (χ2n) is 4.48. The van der Waals surface area contributed by atoms with Crippen molar-refractivity contribution < 1.29 is 0 Å². The molecule has 4 heteroatoms. The zero-order valence-corrected chi connectivity index (χ0v) is 11.4. The summed E-state index contributed by atoms with van der Waals surface area (Å²) in [6, 6.07) is 3.70. The van der Waals surface area contributed by atoms with Gasteiger partial charge in [0.2, 0.25) is 0 Å². The van der Waals surface area contributed by atoms with Gasteiger partial charge < -0.3 is 10.6 Å². The lowest BCUT2D eigenvalue weighted by Crippen LogP contribution is -2.29. The van der Waals surface area contributed by atoms with Crippen LogP contribution >= 0.6 is 0 Å². The number of unbranched alkanes of at least 4 members (excludes halogenated alkanes) is 2. The summed E-state index contributed by atoms with van der Waals surface area (Å²) in [5.41, 5.74) is 6.37. The third kappa shape index (κ3) is 4.02. The normalized spacial score (nSPS) is 10.3. The van der Waals surface area contributed by atoms with E-state index >= 15 is 0 Å². The second-order valence-corrected chi connectivity index (χ2v) is 4.48. The number of anilines is 1. The summed E-state index contributed by atoms with van der Waals surface area (Å²) in [6.07, 6.45) is 6.36. The van der Waals surface area contributed by atoms with Crippen molar-refractivity contribution in [3.63, 3.8) is 0 Å². The molecule has 0 unspecified atom stereocenters. The van der Waals surface area contributed by atoms with Crippen LogP contribution in [0.25, 0.3) is 0 Å². The van der Waals surface area contributed by atoms with Crippen LogP contribution in [0, 0.1) is 5.41 Å². The van der Waals surface area contributed by atoms with E-state index in [0.717, 1.165) is 50.2 Å². The van der Waals surface area contributed by atoms with E-state index in [4.69, 9.17) is 11.1 Å². The standard InChI is InChI=1S/C14H24N4/c1-3-5-10-18(11-6-4-2)14-12(13(15)16)8-7-9-17-14/h7-9H,3-6,10-11H2,1-2H3,(H3,15,16). The smallest absolute Gasteiger partial charge is 0.139 e. The highest BCUT2D eigenvalue weighted by molar-refractivity contribution is 5.99. The number of pyridine rings is 1. The fraction of sp³-hybridized carbons (Fsp3) is 0.571. The molecule has 0 saturated carbocycles. The Bertz CT molecular complexity index is 368. The molecule has 0 radical (unpaired) electrons. The quantitative estimate of drug-likeness (QED) is 0.549. The maximum absolute atomic E-state index is 7.63. The molecular weight excluding hydrogens is 224 g/mol. The van der Waals surface area contributed by atoms with E-state index in [0.29, 0.717) is 0 Å². The van der Waals surface area contributed by atoms with Crippen molar-refractivity contribution in [2.45, 2.75) is 39.5 Å². The molecule has 0 saturated heterocycles. The van der Waals surface area contributed by atoms with E-state index in [1.165, 1.54) is 0 Å². The number of nitrogens with two attached hydrogens (primary N) is 1. The van der Waals surface area contributed by atoms with E-state index in [1.807, 2.05) is 12.1 Å². The molecule has 0 bridgehead atoms. The molecule has 4 nitrogen and oxygen atoms in total. The van der Waals surface area contributed by atoms with Crippen LogP contribution in [-0.2, 0) is 0 Å². The third-order valence-corrected chi connectivity index (χ3v) is 2.94. The van der Waals surface area contributed by atoms with Gasteiger partial charge in [-0.15, -0.1) is 0 Å². The van der Waals surface area contributed by atoms with Crippen molar-refractivity contribution in [1.82, 2.24) is 4.98 Å². The lowest BCUT2D eigenvalue weighted by Gasteiger charge is -2.25. The first-order chi connectivity index (χ1) is 8.70. The van der Waals surface area contributed by atoms with E-state index < -0.39 is 0 Å². The molecule has 0 aliphatic rings. The minimum Gasteiger partial charge on any atom is -0.384 e. The molecule has 3 N–H and O–H groups in total. The molecule has 1 aromatic heterocycles. The summed E-state index contributed by atoms with van der Waals surface area (Å²) in [4.78, 5) is 6.66. The first-order valence-electron chi connectivity index (χ1n) is 6.75. The van der Waals surface area contributed by atoms with Crippen LogP contribution in [-0.4, -0.2) is 23.9 Å². The Morgan fingerprint density at radius 3 is 2.39 bits per heavy atom. The van der Waals surface area contributed by atoms with Crippen LogP contribution in [0.5, 0.6) is 0 Å². The fourth-order valence-corrected chi connectivity index (χ4v) is 1.88. The van der Waals surface area contributed by atoms with Gasteiger partial charge in [0.05, 0.1) is 5.56 Å². The van der Waals surface area contributed by atoms with Crippen LogP contribution in [0.15, 0.2) is 18.3 Å². The van der Waals surface area contributed by atoms with Gasteiger partial charge in [0.15, 0.2) is 0 Å². The number of nitrogens with one attached hydrogen (secondary N) is 1. The highest BCUT2D eigenvalue weighted by Crippen LogP contribution is 2.18. The van der Waals surface area contributed by atoms with E-state index in [9.17, 15) is 0 Å². The zero-order chi connectivity index (χ0) is 13.4. The molecule has 0 aliphatic carbocycles. The van der Waals surface area contributed by atoms with Crippen LogP contribution in [0.4, 0.5) is 5.82 Å². The van der Waals surface area contributed by atoms with Crippen molar-refractivity contribution in [2.24, 2.45) is 5.73 Å². The van der Waals surface area contributed by atoms with Gasteiger partial charge in [-0.05, 0) is 25.0 Å². The molecule has 0 aromatic carbocycles. The van der Waals surface area contributed by atoms with E-state index in [2.05, 4.69) is 23.7 Å². The molecular formula is C14H24N4. The van der Waals surface area contributed by atoms with Crippen LogP contribution in [0.3, 0.4) is 0 Å². The van der Waals surface area contributed by atoms with Crippen molar-refractivity contribution in [1.29, 1.82) is 5.41 Å². The topological polar surface area (TPSA) is 66.0 Å². The number of rotatable bonds is 8. The van der Waals surface area contributed by atoms with Gasteiger partial charge in [0.25, 0.3) is 0 Å². The molecule has 1 rings (SSSR count). The van der Waals surface area contributed by atoms with E-state index in [-0.39, 0.29) is 5.84 Å². The van der Waals surface area contributed by atoms with Gasteiger partial charge >= 0.3 is 0 Å². The number of hydrogen-bond donors (Lipinski definition) is 2. The third-order valence-electron chi connectivity index (χ3n) is 2.94. The number of hydrogen-bond acceptors (Lipinski definition) is 3. The average molecular weight is 248 g/mol. The predicted octanol–water partition coefficient (Wildman–Crippen LogP) is 2.77. The summed E-state index contributed by atoms with van der Waals surface area (Å²) in [5, 5.41) is 7.63. The van der Waals surface area contributed by atoms with Gasteiger partial charge in [0.1, 0.15) is 11.7 Å². The molecule has 0 atom stereocenters. The minimum atomic E-state index is 0.0936. The van der Waals surface area contributed by atoms with Gasteiger partial charge in [-0.3, -0.25) is 5.41 Å². The first-order valence-corrected chi connectivity index (χ1v) is 6.75. The lowest BCUT2D eigenvalue weighted by atomic mass is 10.2. The average Bonchev–Trinajstić information content (AvgIpc) is 2.39. The maximum atomic E-state index is 7.63. The minimum absolute atomic E-state index is 0.0936. The summed E-state index contributed by atoms with van der Waals surface area (Å²) in [7, 11) is 0. The number of aromatic nitrogens is 1. The SMILES string of the molecule is CCCCN(CCCC)c1ncccc1C(=N)N. The van der Waals surface area contributed by atoms with Crippen LogP contribution < -0.4 is 10.6 Å². The second kappa shape index (κ2) is 7.69. The monoisotopic (exact) mass is 248 g/mol. The number of amidine groups is 1. The summed E-state index contributed by atoms with van der Waals surface area (Å²) in [6.45, 7) is 6.33. The van der Waals surface area contributed by atoms with Gasteiger partial charge in [0, 0.05) is 19.3 Å². The highest BCUT2D eigenvalue weighted by atomic mass is 15.2. The molecule has 18 heavy (non-hydrogen) atoms. The van der Waals surface area contributed by atoms with Crippen LogP contribution in [0.1, 0.15) is 45.1 Å². The van der Waals surface area contributed by atoms with Crippen LogP contribution in [0.2, 0.25) is 0 Å². The first kappa shape index (κ1) is 14.5. The summed E-state index contributed by atoms with van der Waals surface area (Å²) < 4.78 is 0. The van der Waals surface area contributed by atoms with Crippen molar-refractivity contribution in [3.05, 3.63) is 23.9 Å². The summed E-state index contributed by atoms with van der Waals surface area (Å²) in [5.74, 6) is 0.947. The Balaban J connectivity index is 2.92. The maximum Gasteiger partial charge on any atom is 0.139 e. The van der Waals surface area contributed by atoms with Gasteiger partial charge in [-0.25, -0.2) is 4.98 Å². The molecule has 0 fully saturated rings. The molecule has 0 spiro atoms. The Hall–Kier alpha value is -1.58. The largest absolute Gasteiger partial charge is 0.384 e. The summed E-state index contributed by atoms with van der Waals surface area (Å²) >= 11 is 0. The molecule has 1 heterocycles. The van der Waals surface area contributed by atoms with Crippen molar-refractivity contribution in [2.75, 3.05) is 18.0 Å². The Labute approximate surface area is 110 Å². The number of nitrogen functional groups attached to an aromatic ring is 1. The van der Waals surface area contributed by atoms with Gasteiger partial charge in [-0.1, -0.05) is 26.7 Å². The Morgan fingerprint density at radius 2 is 1.89 bits per heavy atom. The highest BCUT2D eigenvalue weighted by Gasteiger charge is 2.13. The fourth-order valence-electron chi connectivity index (χ4n) is 1.88. The number of nitrogens with zero attached hydrogens (tertiary/aromatic N) is 2. The van der Waals surface area contributed by atoms with Gasteiger partial charge in [-0.2, -0.15) is 0 Å². The van der Waals surface area contributed by atoms with Crippen molar-refractivity contribution >= 4 is 11.7 Å². The Morgan fingerprint density at radius 1 is 1.28 bits per heavy atom. The van der Waals surface area contributed by atoms with Crippen molar-refractivity contribution in [3.8, 4) is 0 Å². The predicted molar refractivity (Wildman–Crippen MR) is 77.3 cm³/mol. The Kier molecular flexibility index (Phi) is 6.19. The van der Waals surface area contributed by atoms with E-state index in [1.54, 1.807) is 6.20 Å².